The zero-order valence-corrected chi connectivity index (χ0v) is 18.2. The van der Waals surface area contributed by atoms with E-state index < -0.39 is 5.63 Å². The highest BCUT2D eigenvalue weighted by molar-refractivity contribution is 5.97. The molecule has 0 radical (unpaired) electrons. The SMILES string of the molecule is COc1cccc2cc(C(=O)N3CC[NH+](C45CC6CC(CC(C6)C4)C5)CC3)c(=O)oc12. The van der Waals surface area contributed by atoms with E-state index in [0.717, 1.165) is 30.8 Å². The minimum absolute atomic E-state index is 0.124. The van der Waals surface area contributed by atoms with Crippen molar-refractivity contribution in [2.24, 2.45) is 17.8 Å². The molecular formula is C25H31N2O4+. The number of para-hydroxylation sites is 1. The van der Waals surface area contributed by atoms with Crippen LogP contribution in [-0.2, 0) is 0 Å². The van der Waals surface area contributed by atoms with Gasteiger partial charge >= 0.3 is 5.63 Å². The van der Waals surface area contributed by atoms with Gasteiger partial charge in [0.15, 0.2) is 11.3 Å². The summed E-state index contributed by atoms with van der Waals surface area (Å²) in [4.78, 5) is 29.4. The van der Waals surface area contributed by atoms with Crippen LogP contribution in [0.2, 0.25) is 0 Å². The molecule has 5 fully saturated rings. The van der Waals surface area contributed by atoms with E-state index in [1.54, 1.807) is 24.1 Å². The topological polar surface area (TPSA) is 64.2 Å². The van der Waals surface area contributed by atoms with Crippen LogP contribution in [0.1, 0.15) is 48.9 Å². The number of nitrogens with zero attached hydrogens (tertiary/aromatic N) is 1. The number of methoxy groups -OCH3 is 1. The van der Waals surface area contributed by atoms with Crippen molar-refractivity contribution >= 4 is 16.9 Å². The van der Waals surface area contributed by atoms with Gasteiger partial charge in [0.1, 0.15) is 5.56 Å². The molecule has 1 aromatic carbocycles. The molecule has 4 saturated carbocycles. The Balaban J connectivity index is 1.20. The molecule has 164 valence electrons. The van der Waals surface area contributed by atoms with Gasteiger partial charge in [-0.05, 0) is 49.1 Å². The number of nitrogens with one attached hydrogen (secondary N) is 1. The third-order valence-electron chi connectivity index (χ3n) is 8.62. The van der Waals surface area contributed by atoms with Crippen LogP contribution >= 0.6 is 0 Å². The highest BCUT2D eigenvalue weighted by Crippen LogP contribution is 2.54. The number of ether oxygens (including phenoxy) is 1. The summed E-state index contributed by atoms with van der Waals surface area (Å²) in [5.41, 5.74) is 0.391. The summed E-state index contributed by atoms with van der Waals surface area (Å²) in [6.45, 7) is 3.41. The Kier molecular flexibility index (Phi) is 4.43. The van der Waals surface area contributed by atoms with Crippen LogP contribution in [0.25, 0.3) is 11.0 Å². The first kappa shape index (κ1) is 19.4. The minimum Gasteiger partial charge on any atom is -0.493 e. The van der Waals surface area contributed by atoms with Crippen molar-refractivity contribution in [1.29, 1.82) is 0 Å². The second kappa shape index (κ2) is 7.09. The minimum atomic E-state index is -0.585. The molecule has 6 heteroatoms. The Labute approximate surface area is 182 Å². The number of benzene rings is 1. The lowest BCUT2D eigenvalue weighted by molar-refractivity contribution is -0.962. The van der Waals surface area contributed by atoms with Crippen molar-refractivity contribution in [1.82, 2.24) is 4.90 Å². The normalized spacial score (nSPS) is 32.5. The second-order valence-corrected chi connectivity index (χ2v) is 10.4. The van der Waals surface area contributed by atoms with E-state index in [0.29, 0.717) is 35.3 Å². The van der Waals surface area contributed by atoms with Crippen molar-refractivity contribution in [3.63, 3.8) is 0 Å². The molecule has 4 aliphatic carbocycles. The summed E-state index contributed by atoms with van der Waals surface area (Å²) in [7, 11) is 1.54. The Morgan fingerprint density at radius 3 is 2.35 bits per heavy atom. The van der Waals surface area contributed by atoms with E-state index in [1.165, 1.54) is 38.5 Å². The van der Waals surface area contributed by atoms with Gasteiger partial charge < -0.3 is 19.0 Å². The van der Waals surface area contributed by atoms with Crippen molar-refractivity contribution in [2.75, 3.05) is 33.3 Å². The van der Waals surface area contributed by atoms with E-state index in [9.17, 15) is 9.59 Å². The quantitative estimate of drug-likeness (QED) is 0.768. The predicted molar refractivity (Wildman–Crippen MR) is 117 cm³/mol. The van der Waals surface area contributed by atoms with Crippen LogP contribution in [0, 0.1) is 17.8 Å². The number of hydrogen-bond donors (Lipinski definition) is 1. The molecule has 5 aliphatic rings. The Morgan fingerprint density at radius 1 is 1.10 bits per heavy atom. The smallest absolute Gasteiger partial charge is 0.349 e. The summed E-state index contributed by atoms with van der Waals surface area (Å²) in [5.74, 6) is 3.12. The molecule has 4 bridgehead atoms. The number of fused-ring (bicyclic) bond motifs is 1. The maximum absolute atomic E-state index is 13.2. The van der Waals surface area contributed by atoms with Gasteiger partial charge in [0, 0.05) is 24.6 Å². The van der Waals surface area contributed by atoms with Gasteiger partial charge in [-0.1, -0.05) is 12.1 Å². The van der Waals surface area contributed by atoms with Crippen molar-refractivity contribution in [3.05, 3.63) is 40.2 Å². The molecule has 6 nitrogen and oxygen atoms in total. The number of quaternary nitrogens is 1. The van der Waals surface area contributed by atoms with Crippen LogP contribution < -0.4 is 15.3 Å². The fourth-order valence-electron chi connectivity index (χ4n) is 7.65. The van der Waals surface area contributed by atoms with Crippen LogP contribution in [0.3, 0.4) is 0 Å². The average molecular weight is 424 g/mol. The van der Waals surface area contributed by atoms with Crippen LogP contribution in [-0.4, -0.2) is 49.6 Å². The number of carbonyl (C=O) groups excluding carboxylic acids is 1. The second-order valence-electron chi connectivity index (χ2n) is 10.4. The lowest BCUT2D eigenvalue weighted by atomic mass is 9.52. The molecule has 0 unspecified atom stereocenters. The number of carbonyl (C=O) groups is 1. The lowest BCUT2D eigenvalue weighted by Gasteiger charge is -2.59. The van der Waals surface area contributed by atoms with Gasteiger partial charge in [0.2, 0.25) is 0 Å². The summed E-state index contributed by atoms with van der Waals surface area (Å²) in [6.07, 6.45) is 8.54. The molecule has 0 spiro atoms. The lowest BCUT2D eigenvalue weighted by Crippen LogP contribution is -3.23. The number of amides is 1. The Morgan fingerprint density at radius 2 is 1.74 bits per heavy atom. The van der Waals surface area contributed by atoms with E-state index in [2.05, 4.69) is 0 Å². The largest absolute Gasteiger partial charge is 0.493 e. The molecule has 1 aromatic heterocycles. The molecule has 0 atom stereocenters. The number of piperazine rings is 1. The molecule has 1 N–H and O–H groups in total. The third kappa shape index (κ3) is 3.10. The highest BCUT2D eigenvalue weighted by atomic mass is 16.5. The van der Waals surface area contributed by atoms with E-state index >= 15 is 0 Å². The zero-order valence-electron chi connectivity index (χ0n) is 18.2. The molecular weight excluding hydrogens is 392 g/mol. The monoisotopic (exact) mass is 423 g/mol. The Hall–Kier alpha value is -2.34. The molecule has 2 aromatic rings. The molecule has 31 heavy (non-hydrogen) atoms. The van der Waals surface area contributed by atoms with E-state index in [1.807, 2.05) is 17.0 Å². The first-order valence-electron chi connectivity index (χ1n) is 11.8. The van der Waals surface area contributed by atoms with Gasteiger partial charge in [-0.15, -0.1) is 0 Å². The number of hydrogen-bond acceptors (Lipinski definition) is 4. The summed E-state index contributed by atoms with van der Waals surface area (Å²) >= 11 is 0. The third-order valence-corrected chi connectivity index (χ3v) is 8.62. The standard InChI is InChI=1S/C25H30N2O4/c1-30-21-4-2-3-19-12-20(24(29)31-22(19)21)23(28)26-5-7-27(8-6-26)25-13-16-9-17(14-25)11-18(10-16)15-25/h2-4,12,16-18H,5-11,13-15H2,1H3/p+1. The maximum atomic E-state index is 13.2. The molecule has 1 aliphatic heterocycles. The Bertz CT molecular complexity index is 1050. The van der Waals surface area contributed by atoms with Crippen LogP contribution in [0.4, 0.5) is 0 Å². The van der Waals surface area contributed by atoms with E-state index in [-0.39, 0.29) is 11.5 Å². The highest BCUT2D eigenvalue weighted by Gasteiger charge is 2.56. The van der Waals surface area contributed by atoms with Gasteiger partial charge in [0.25, 0.3) is 5.91 Å². The molecule has 1 amide bonds. The zero-order chi connectivity index (χ0) is 21.2. The first-order chi connectivity index (χ1) is 15.0. The number of rotatable bonds is 3. The summed E-state index contributed by atoms with van der Waals surface area (Å²) in [5, 5.41) is 0.708. The molecule has 1 saturated heterocycles. The summed E-state index contributed by atoms with van der Waals surface area (Å²) < 4.78 is 10.8. The van der Waals surface area contributed by atoms with Gasteiger partial charge in [-0.3, -0.25) is 4.79 Å². The molecule has 7 rings (SSSR count). The van der Waals surface area contributed by atoms with Crippen LogP contribution in [0.5, 0.6) is 5.75 Å². The van der Waals surface area contributed by atoms with Gasteiger partial charge in [-0.25, -0.2) is 4.79 Å². The average Bonchev–Trinajstić information content (AvgIpc) is 2.77. The fraction of sp³-hybridized carbons (Fsp3) is 0.600. The van der Waals surface area contributed by atoms with Crippen molar-refractivity contribution in [2.45, 2.75) is 44.1 Å². The predicted octanol–water partition coefficient (Wildman–Crippen LogP) is 2.11. The summed E-state index contributed by atoms with van der Waals surface area (Å²) in [6, 6.07) is 7.08. The van der Waals surface area contributed by atoms with Crippen LogP contribution in [0.15, 0.2) is 33.5 Å². The first-order valence-corrected chi connectivity index (χ1v) is 11.8. The van der Waals surface area contributed by atoms with Gasteiger partial charge in [-0.2, -0.15) is 0 Å². The fourth-order valence-corrected chi connectivity index (χ4v) is 7.65. The van der Waals surface area contributed by atoms with E-state index in [4.69, 9.17) is 9.15 Å². The van der Waals surface area contributed by atoms with Crippen molar-refractivity contribution in [3.8, 4) is 5.75 Å². The van der Waals surface area contributed by atoms with Crippen molar-refractivity contribution < 1.29 is 18.8 Å². The van der Waals surface area contributed by atoms with Gasteiger partial charge in [0.05, 0.1) is 38.8 Å². The molecule has 2 heterocycles. The maximum Gasteiger partial charge on any atom is 0.349 e.